The second kappa shape index (κ2) is 9.79. The van der Waals surface area contributed by atoms with Gasteiger partial charge in [-0.3, -0.25) is 20.4 Å². The molecule has 0 radical (unpaired) electrons. The second-order valence-electron chi connectivity index (χ2n) is 5.07. The number of thioether (sulfide) groups is 1. The minimum atomic E-state index is -0.382. The summed E-state index contributed by atoms with van der Waals surface area (Å²) < 4.78 is 14.3. The number of carbonyl (C=O) groups is 2. The van der Waals surface area contributed by atoms with E-state index in [0.717, 1.165) is 4.90 Å². The molecule has 0 bridgehead atoms. The summed E-state index contributed by atoms with van der Waals surface area (Å²) in [6.07, 6.45) is 0.323. The Kier molecular flexibility index (Phi) is 7.74. The molecule has 0 saturated heterocycles. The van der Waals surface area contributed by atoms with Crippen LogP contribution in [0.5, 0.6) is 0 Å². The highest BCUT2D eigenvalue weighted by atomic mass is 79.9. The van der Waals surface area contributed by atoms with Crippen molar-refractivity contribution in [1.82, 2.24) is 10.9 Å². The number of hydrogen-bond acceptors (Lipinski definition) is 3. The normalized spacial score (nSPS) is 10.4. The van der Waals surface area contributed by atoms with Crippen LogP contribution in [-0.4, -0.2) is 17.6 Å². The molecule has 0 heterocycles. The first-order chi connectivity index (χ1) is 11.9. The fraction of sp³-hybridized carbons (Fsp3) is 0.176. The molecule has 2 amide bonds. The van der Waals surface area contributed by atoms with E-state index in [9.17, 15) is 14.0 Å². The van der Waals surface area contributed by atoms with Gasteiger partial charge in [-0.1, -0.05) is 33.6 Å². The summed E-state index contributed by atoms with van der Waals surface area (Å²) in [4.78, 5) is 24.3. The van der Waals surface area contributed by atoms with E-state index in [4.69, 9.17) is 11.6 Å². The van der Waals surface area contributed by atoms with Gasteiger partial charge in [0.15, 0.2) is 0 Å². The van der Waals surface area contributed by atoms with Gasteiger partial charge in [0.05, 0.1) is 5.75 Å². The van der Waals surface area contributed by atoms with Crippen LogP contribution >= 0.6 is 39.3 Å². The molecule has 8 heteroatoms. The van der Waals surface area contributed by atoms with Gasteiger partial charge >= 0.3 is 0 Å². The van der Waals surface area contributed by atoms with Gasteiger partial charge in [-0.05, 0) is 48.4 Å². The maximum absolute atomic E-state index is 13.7. The first kappa shape index (κ1) is 19.8. The van der Waals surface area contributed by atoms with Crippen LogP contribution < -0.4 is 10.9 Å². The molecule has 2 aromatic carbocycles. The molecular formula is C17H15BrClFN2O2S. The van der Waals surface area contributed by atoms with Crippen LogP contribution in [0.2, 0.25) is 5.02 Å². The summed E-state index contributed by atoms with van der Waals surface area (Å²) >= 11 is 10.3. The molecule has 0 fully saturated rings. The molecule has 0 aliphatic carbocycles. The zero-order chi connectivity index (χ0) is 18.2. The van der Waals surface area contributed by atoms with Gasteiger partial charge < -0.3 is 0 Å². The van der Waals surface area contributed by atoms with Gasteiger partial charge in [-0.25, -0.2) is 4.39 Å². The molecule has 0 spiro atoms. The number of aryl methyl sites for hydroxylation is 1. The fourth-order valence-corrected chi connectivity index (χ4v) is 3.05. The standard InChI is InChI=1S/C17H15BrClFN2O2S/c18-12-3-1-11(15(20)9-12)2-8-16(23)21-22-17(24)10-25-14-6-4-13(19)5-7-14/h1,3-7,9H,2,8,10H2,(H,21,23)(H,22,24). The van der Waals surface area contributed by atoms with Crippen molar-refractivity contribution in [3.8, 4) is 0 Å². The van der Waals surface area contributed by atoms with Gasteiger partial charge in [0.1, 0.15) is 5.82 Å². The monoisotopic (exact) mass is 444 g/mol. The lowest BCUT2D eigenvalue weighted by Crippen LogP contribution is -2.42. The average Bonchev–Trinajstić information content (AvgIpc) is 2.58. The minimum Gasteiger partial charge on any atom is -0.273 e. The summed E-state index contributed by atoms with van der Waals surface area (Å²) in [6.45, 7) is 0. The third-order valence-corrected chi connectivity index (χ3v) is 4.92. The van der Waals surface area contributed by atoms with E-state index in [1.807, 2.05) is 12.1 Å². The SMILES string of the molecule is O=C(CCc1ccc(Br)cc1F)NNC(=O)CSc1ccc(Cl)cc1. The maximum Gasteiger partial charge on any atom is 0.248 e. The smallest absolute Gasteiger partial charge is 0.248 e. The number of rotatable bonds is 6. The molecule has 0 atom stereocenters. The maximum atomic E-state index is 13.7. The van der Waals surface area contributed by atoms with Crippen molar-refractivity contribution in [2.75, 3.05) is 5.75 Å². The Hall–Kier alpha value is -1.57. The van der Waals surface area contributed by atoms with Crippen LogP contribution in [0, 0.1) is 5.82 Å². The number of carbonyl (C=O) groups excluding carboxylic acids is 2. The van der Waals surface area contributed by atoms with E-state index in [1.54, 1.807) is 24.3 Å². The molecule has 132 valence electrons. The summed E-state index contributed by atoms with van der Waals surface area (Å²) in [5.74, 6) is -0.927. The van der Waals surface area contributed by atoms with Crippen LogP contribution in [0.25, 0.3) is 0 Å². The molecule has 2 rings (SSSR count). The number of nitrogens with one attached hydrogen (secondary N) is 2. The highest BCUT2D eigenvalue weighted by Gasteiger charge is 2.08. The largest absolute Gasteiger partial charge is 0.273 e. The van der Waals surface area contributed by atoms with Crippen LogP contribution in [0.1, 0.15) is 12.0 Å². The molecule has 0 aliphatic rings. The van der Waals surface area contributed by atoms with E-state index in [-0.39, 0.29) is 36.2 Å². The molecule has 25 heavy (non-hydrogen) atoms. The molecule has 2 aromatic rings. The van der Waals surface area contributed by atoms with Crippen molar-refractivity contribution in [3.05, 3.63) is 63.3 Å². The van der Waals surface area contributed by atoms with Gasteiger partial charge in [-0.2, -0.15) is 0 Å². The lowest BCUT2D eigenvalue weighted by molar-refractivity contribution is -0.127. The summed E-state index contributed by atoms with van der Waals surface area (Å²) in [5, 5.41) is 0.628. The lowest BCUT2D eigenvalue weighted by atomic mass is 10.1. The number of hydrazine groups is 1. The minimum absolute atomic E-state index is 0.0726. The Labute approximate surface area is 162 Å². The summed E-state index contributed by atoms with van der Waals surface area (Å²) in [7, 11) is 0. The Morgan fingerprint density at radius 1 is 1.08 bits per heavy atom. The molecule has 0 aliphatic heterocycles. The number of hydrogen-bond donors (Lipinski definition) is 2. The van der Waals surface area contributed by atoms with E-state index >= 15 is 0 Å². The highest BCUT2D eigenvalue weighted by molar-refractivity contribution is 9.10. The summed E-state index contributed by atoms with van der Waals surface area (Å²) in [6, 6.07) is 11.8. The van der Waals surface area contributed by atoms with Gasteiger partial charge in [-0.15, -0.1) is 11.8 Å². The molecule has 0 unspecified atom stereocenters. The Morgan fingerprint density at radius 2 is 1.76 bits per heavy atom. The van der Waals surface area contributed by atoms with Gasteiger partial charge in [0.2, 0.25) is 11.8 Å². The van der Waals surface area contributed by atoms with Crippen LogP contribution in [-0.2, 0) is 16.0 Å². The zero-order valence-corrected chi connectivity index (χ0v) is 16.2. The summed E-state index contributed by atoms with van der Waals surface area (Å²) in [5.41, 5.74) is 5.11. The van der Waals surface area contributed by atoms with Crippen LogP contribution in [0.15, 0.2) is 51.8 Å². The average molecular weight is 446 g/mol. The van der Waals surface area contributed by atoms with Crippen LogP contribution in [0.4, 0.5) is 4.39 Å². The fourth-order valence-electron chi connectivity index (χ4n) is 1.89. The van der Waals surface area contributed by atoms with Crippen molar-refractivity contribution in [3.63, 3.8) is 0 Å². The van der Waals surface area contributed by atoms with Crippen molar-refractivity contribution < 1.29 is 14.0 Å². The number of halogens is 3. The predicted octanol–water partition coefficient (Wildman–Crippen LogP) is 4.11. The zero-order valence-electron chi connectivity index (χ0n) is 13.0. The molecule has 0 aromatic heterocycles. The number of benzene rings is 2. The topological polar surface area (TPSA) is 58.2 Å². The third-order valence-electron chi connectivity index (χ3n) is 3.16. The quantitative estimate of drug-likeness (QED) is 0.519. The molecular weight excluding hydrogens is 431 g/mol. The molecule has 0 saturated carbocycles. The lowest BCUT2D eigenvalue weighted by Gasteiger charge is -2.08. The first-order valence-corrected chi connectivity index (χ1v) is 9.49. The van der Waals surface area contributed by atoms with E-state index in [2.05, 4.69) is 26.8 Å². The Bertz CT molecular complexity index is 759. The van der Waals surface area contributed by atoms with Gasteiger partial charge in [0.25, 0.3) is 0 Å². The van der Waals surface area contributed by atoms with E-state index in [1.165, 1.54) is 17.8 Å². The van der Waals surface area contributed by atoms with Crippen molar-refractivity contribution >= 4 is 51.1 Å². The molecule has 2 N–H and O–H groups in total. The molecule has 4 nitrogen and oxygen atoms in total. The third kappa shape index (κ3) is 7.05. The van der Waals surface area contributed by atoms with Crippen LogP contribution in [0.3, 0.4) is 0 Å². The second-order valence-corrected chi connectivity index (χ2v) is 7.48. The highest BCUT2D eigenvalue weighted by Crippen LogP contribution is 2.20. The van der Waals surface area contributed by atoms with Crippen molar-refractivity contribution in [2.24, 2.45) is 0 Å². The van der Waals surface area contributed by atoms with E-state index in [0.29, 0.717) is 15.1 Å². The predicted molar refractivity (Wildman–Crippen MR) is 101 cm³/mol. The van der Waals surface area contributed by atoms with Crippen molar-refractivity contribution in [1.29, 1.82) is 0 Å². The first-order valence-electron chi connectivity index (χ1n) is 7.34. The van der Waals surface area contributed by atoms with E-state index < -0.39 is 0 Å². The van der Waals surface area contributed by atoms with Crippen molar-refractivity contribution in [2.45, 2.75) is 17.7 Å². The number of amides is 2. The Morgan fingerprint density at radius 3 is 2.44 bits per heavy atom. The Balaban J connectivity index is 1.68. The van der Waals surface area contributed by atoms with Gasteiger partial charge in [0, 0.05) is 20.8 Å².